The second kappa shape index (κ2) is 8.16. The van der Waals surface area contributed by atoms with Crippen molar-refractivity contribution in [3.8, 4) is 0 Å². The molecule has 1 aliphatic carbocycles. The Morgan fingerprint density at radius 1 is 1.19 bits per heavy atom. The normalized spacial score (nSPS) is 15.9. The molecular weight excluding hydrogens is 424 g/mol. The van der Waals surface area contributed by atoms with Gasteiger partial charge in [-0.2, -0.15) is 0 Å². The van der Waals surface area contributed by atoms with E-state index in [2.05, 4.69) is 0 Å². The van der Waals surface area contributed by atoms with Crippen LogP contribution in [0.15, 0.2) is 29.1 Å². The van der Waals surface area contributed by atoms with Crippen molar-refractivity contribution in [1.29, 1.82) is 0 Å². The molecule has 1 aromatic carbocycles. The van der Waals surface area contributed by atoms with Gasteiger partial charge in [-0.3, -0.25) is 19.0 Å². The number of nitrogens with zero attached hydrogens (tertiary/aromatic N) is 3. The fourth-order valence-corrected chi connectivity index (χ4v) is 5.61. The van der Waals surface area contributed by atoms with Crippen LogP contribution in [0.25, 0.3) is 10.2 Å². The Bertz CT molecular complexity index is 1270. The van der Waals surface area contributed by atoms with Crippen LogP contribution in [0.5, 0.6) is 0 Å². The number of hydrogen-bond acceptors (Lipinski definition) is 5. The van der Waals surface area contributed by atoms with E-state index in [0.717, 1.165) is 55.5 Å². The molecule has 7 nitrogen and oxygen atoms in total. The largest absolute Gasteiger partial charge is 0.366 e. The number of aryl methyl sites for hydroxylation is 2. The van der Waals surface area contributed by atoms with Gasteiger partial charge in [0.15, 0.2) is 0 Å². The standard InChI is InChI=1S/C24H26N4O3S/c1-14-19-22(26-18-5-3-2-4-12-27(18)23(19)30)32-20(14)24(31)28(17-10-11-17)13-15-6-8-16(9-7-15)21(25)29/h6-9,17H,2-5,10-13H2,1H3,(H2,25,29). The van der Waals surface area contributed by atoms with Crippen LogP contribution in [-0.2, 0) is 19.5 Å². The van der Waals surface area contributed by atoms with E-state index in [1.807, 2.05) is 28.5 Å². The summed E-state index contributed by atoms with van der Waals surface area (Å²) in [5, 5.41) is 0.588. The van der Waals surface area contributed by atoms with Crippen molar-refractivity contribution < 1.29 is 9.59 Å². The summed E-state index contributed by atoms with van der Waals surface area (Å²) < 4.78 is 1.81. The third-order valence-electron chi connectivity index (χ3n) is 6.45. The molecule has 0 spiro atoms. The summed E-state index contributed by atoms with van der Waals surface area (Å²) in [6, 6.07) is 7.26. The van der Waals surface area contributed by atoms with E-state index >= 15 is 0 Å². The number of benzene rings is 1. The van der Waals surface area contributed by atoms with Gasteiger partial charge in [0.2, 0.25) is 5.91 Å². The van der Waals surface area contributed by atoms with Crippen molar-refractivity contribution in [2.75, 3.05) is 0 Å². The number of fused-ring (bicyclic) bond motifs is 2. The van der Waals surface area contributed by atoms with Crippen molar-refractivity contribution in [3.63, 3.8) is 0 Å². The highest BCUT2D eigenvalue weighted by atomic mass is 32.1. The topological polar surface area (TPSA) is 98.3 Å². The zero-order valence-corrected chi connectivity index (χ0v) is 18.9. The van der Waals surface area contributed by atoms with Crippen LogP contribution in [0, 0.1) is 6.92 Å². The Kier molecular flexibility index (Phi) is 5.33. The Morgan fingerprint density at radius 2 is 1.94 bits per heavy atom. The van der Waals surface area contributed by atoms with Crippen LogP contribution in [0.3, 0.4) is 0 Å². The van der Waals surface area contributed by atoms with E-state index in [1.165, 1.54) is 11.3 Å². The molecule has 1 fully saturated rings. The maximum absolute atomic E-state index is 13.6. The minimum atomic E-state index is -0.468. The first-order chi connectivity index (χ1) is 15.4. The van der Waals surface area contributed by atoms with Gasteiger partial charge in [0.25, 0.3) is 11.5 Å². The highest BCUT2D eigenvalue weighted by Crippen LogP contribution is 2.34. The molecule has 166 valence electrons. The predicted molar refractivity (Wildman–Crippen MR) is 124 cm³/mol. The van der Waals surface area contributed by atoms with Gasteiger partial charge in [0.1, 0.15) is 10.7 Å². The van der Waals surface area contributed by atoms with Crippen molar-refractivity contribution in [1.82, 2.24) is 14.5 Å². The van der Waals surface area contributed by atoms with E-state index in [0.29, 0.717) is 33.7 Å². The highest BCUT2D eigenvalue weighted by molar-refractivity contribution is 7.20. The van der Waals surface area contributed by atoms with Gasteiger partial charge in [-0.05, 0) is 55.9 Å². The lowest BCUT2D eigenvalue weighted by atomic mass is 10.1. The smallest absolute Gasteiger partial charge is 0.264 e. The Morgan fingerprint density at radius 3 is 2.62 bits per heavy atom. The first kappa shape index (κ1) is 20.9. The van der Waals surface area contributed by atoms with Crippen LogP contribution >= 0.6 is 11.3 Å². The number of rotatable bonds is 5. The van der Waals surface area contributed by atoms with Crippen LogP contribution in [0.1, 0.15) is 69.1 Å². The molecule has 2 aromatic heterocycles. The number of nitrogens with two attached hydrogens (primary N) is 1. The summed E-state index contributed by atoms with van der Waals surface area (Å²) in [5.41, 5.74) is 7.45. The number of carbonyl (C=O) groups excluding carboxylic acids is 2. The average molecular weight is 451 g/mol. The fourth-order valence-electron chi connectivity index (χ4n) is 4.47. The molecule has 8 heteroatoms. The quantitative estimate of drug-likeness (QED) is 0.644. The van der Waals surface area contributed by atoms with Gasteiger partial charge in [0.05, 0.1) is 10.3 Å². The third kappa shape index (κ3) is 3.72. The molecule has 1 aliphatic heterocycles. The molecule has 5 rings (SSSR count). The lowest BCUT2D eigenvalue weighted by molar-refractivity contribution is 0.0734. The molecule has 3 aromatic rings. The Labute approximate surface area is 189 Å². The molecule has 3 heterocycles. The molecular formula is C24H26N4O3S. The van der Waals surface area contributed by atoms with Gasteiger partial charge in [-0.15, -0.1) is 11.3 Å². The van der Waals surface area contributed by atoms with Gasteiger partial charge in [0, 0.05) is 31.1 Å². The van der Waals surface area contributed by atoms with Crippen LogP contribution in [0.2, 0.25) is 0 Å². The minimum Gasteiger partial charge on any atom is -0.366 e. The summed E-state index contributed by atoms with van der Waals surface area (Å²) in [6.45, 7) is 3.02. The first-order valence-corrected chi connectivity index (χ1v) is 12.0. The van der Waals surface area contributed by atoms with Crippen molar-refractivity contribution in [3.05, 3.63) is 62.0 Å². The second-order valence-corrected chi connectivity index (χ2v) is 9.76. The summed E-state index contributed by atoms with van der Waals surface area (Å²) in [7, 11) is 0. The monoisotopic (exact) mass is 450 g/mol. The molecule has 0 bridgehead atoms. The zero-order valence-electron chi connectivity index (χ0n) is 18.1. The summed E-state index contributed by atoms with van der Waals surface area (Å²) >= 11 is 1.34. The maximum atomic E-state index is 13.6. The zero-order chi connectivity index (χ0) is 22.4. The molecule has 0 saturated heterocycles. The van der Waals surface area contributed by atoms with Gasteiger partial charge in [-0.1, -0.05) is 18.6 Å². The molecule has 0 radical (unpaired) electrons. The van der Waals surface area contributed by atoms with Crippen molar-refractivity contribution in [2.24, 2.45) is 5.73 Å². The SMILES string of the molecule is Cc1c(C(=O)N(Cc2ccc(C(N)=O)cc2)C2CC2)sc2nc3n(c(=O)c12)CCCCC3. The summed E-state index contributed by atoms with van der Waals surface area (Å²) in [5.74, 6) is 0.324. The Balaban J connectivity index is 1.50. The number of aromatic nitrogens is 2. The molecule has 2 amide bonds. The number of hydrogen-bond donors (Lipinski definition) is 1. The molecule has 0 unspecified atom stereocenters. The fraction of sp³-hybridized carbons (Fsp3) is 0.417. The molecule has 0 atom stereocenters. The average Bonchev–Trinajstić information content (AvgIpc) is 3.59. The lowest BCUT2D eigenvalue weighted by Gasteiger charge is -2.22. The van der Waals surface area contributed by atoms with Crippen LogP contribution < -0.4 is 11.3 Å². The van der Waals surface area contributed by atoms with E-state index in [1.54, 1.807) is 12.1 Å². The highest BCUT2D eigenvalue weighted by Gasteiger charge is 2.35. The van der Waals surface area contributed by atoms with Gasteiger partial charge in [-0.25, -0.2) is 4.98 Å². The van der Waals surface area contributed by atoms with Gasteiger partial charge >= 0.3 is 0 Å². The van der Waals surface area contributed by atoms with E-state index in [4.69, 9.17) is 10.7 Å². The third-order valence-corrected chi connectivity index (χ3v) is 7.62. The molecule has 1 saturated carbocycles. The lowest BCUT2D eigenvalue weighted by Crippen LogP contribution is -2.32. The maximum Gasteiger partial charge on any atom is 0.264 e. The minimum absolute atomic E-state index is 0.0142. The van der Waals surface area contributed by atoms with Crippen LogP contribution in [0.4, 0.5) is 0 Å². The molecule has 2 N–H and O–H groups in total. The Hall–Kier alpha value is -3.00. The van der Waals surface area contributed by atoms with Crippen molar-refractivity contribution >= 4 is 33.4 Å². The van der Waals surface area contributed by atoms with E-state index in [-0.39, 0.29) is 17.5 Å². The number of carbonyl (C=O) groups is 2. The second-order valence-electron chi connectivity index (χ2n) is 8.76. The predicted octanol–water partition coefficient (Wildman–Crippen LogP) is 3.40. The number of amides is 2. The van der Waals surface area contributed by atoms with Crippen molar-refractivity contribution in [2.45, 2.75) is 64.6 Å². The van der Waals surface area contributed by atoms with E-state index in [9.17, 15) is 14.4 Å². The summed E-state index contributed by atoms with van der Waals surface area (Å²) in [6.07, 6.45) is 5.89. The number of primary amides is 1. The van der Waals surface area contributed by atoms with E-state index < -0.39 is 5.91 Å². The van der Waals surface area contributed by atoms with Gasteiger partial charge < -0.3 is 10.6 Å². The van der Waals surface area contributed by atoms with Crippen LogP contribution in [-0.4, -0.2) is 32.3 Å². The molecule has 32 heavy (non-hydrogen) atoms. The first-order valence-electron chi connectivity index (χ1n) is 11.2. The molecule has 2 aliphatic rings. The summed E-state index contributed by atoms with van der Waals surface area (Å²) in [4.78, 5) is 46.1. The number of thiophene rings is 1.